The van der Waals surface area contributed by atoms with E-state index in [0.717, 1.165) is 101 Å². The van der Waals surface area contributed by atoms with Crippen molar-refractivity contribution in [1.29, 1.82) is 0 Å². The lowest BCUT2D eigenvalue weighted by Crippen LogP contribution is -2.51. The molecule has 0 aliphatic carbocycles. The molecule has 2 aliphatic heterocycles. The second kappa shape index (κ2) is 23.9. The number of rotatable bonds is 11. The molecule has 3 aromatic carbocycles. The zero-order chi connectivity index (χ0) is 38.1. The highest BCUT2D eigenvalue weighted by Gasteiger charge is 2.38. The van der Waals surface area contributed by atoms with Gasteiger partial charge in [0.2, 0.25) is 11.8 Å². The standard InChI is InChI=1S/C43H53N7O4.6H2S/c1-7-25(3)27(5)41(51)49-21-9-11-36(49)39-44-32-19-17-30(23-34(32)46-39)28-13-15-29(16-14-28)31-18-20-33-35(24-31)47-40(45-33)37-12-10-22-50(37)42(52)38(26(4)8-2)48-43(53)54-6;;;;;;/h13-20,23-27,36-38H,7-12,21-22H2,1-6H3,(H,44,46)(H,45,47)(H,48,53);6*1H2/t25-,26-,27-,36-,37-,38-;;;;;;/m0....../s1. The Balaban J connectivity index is 0.00000300. The summed E-state index contributed by atoms with van der Waals surface area (Å²) in [6.45, 7) is 11.7. The Hall–Kier alpha value is -3.09. The van der Waals surface area contributed by atoms with Gasteiger partial charge in [-0.25, -0.2) is 14.8 Å². The minimum atomic E-state index is -0.663. The van der Waals surface area contributed by atoms with Gasteiger partial charge in [-0.05, 0) is 84.0 Å². The maximum Gasteiger partial charge on any atom is 0.407 e. The van der Waals surface area contributed by atoms with Gasteiger partial charge < -0.3 is 29.8 Å². The monoisotopic (exact) mass is 935 g/mol. The molecule has 2 fully saturated rings. The van der Waals surface area contributed by atoms with E-state index in [9.17, 15) is 14.4 Å². The first kappa shape index (κ1) is 54.9. The number of aromatic amines is 2. The number of alkyl carbamates (subject to hydrolysis) is 1. The summed E-state index contributed by atoms with van der Waals surface area (Å²) >= 11 is 0. The SMILES string of the molecule is CC[C@H](C)[C@H](C)C(=O)N1CCC[C@H]1c1nc2ccc(-c3ccc(-c4ccc5nc([C@@H]6CCCN6C(=O)[C@@H](NC(=O)OC)[C@@H](C)CC)[nH]c5c4)cc3)cc2[nH]1.S.S.S.S.S.S. The van der Waals surface area contributed by atoms with Gasteiger partial charge in [-0.2, -0.15) is 81.0 Å². The summed E-state index contributed by atoms with van der Waals surface area (Å²) in [5.41, 5.74) is 7.98. The van der Waals surface area contributed by atoms with Gasteiger partial charge in [0.05, 0.1) is 41.3 Å². The van der Waals surface area contributed by atoms with Crippen molar-refractivity contribution in [3.8, 4) is 22.3 Å². The molecule has 11 nitrogen and oxygen atoms in total. The van der Waals surface area contributed by atoms with E-state index in [1.165, 1.54) is 7.11 Å². The first-order valence-corrected chi connectivity index (χ1v) is 19.7. The van der Waals surface area contributed by atoms with E-state index < -0.39 is 12.1 Å². The van der Waals surface area contributed by atoms with Crippen molar-refractivity contribution in [2.24, 2.45) is 17.8 Å². The van der Waals surface area contributed by atoms with Crippen molar-refractivity contribution < 1.29 is 19.1 Å². The highest BCUT2D eigenvalue weighted by atomic mass is 32.1. The number of ether oxygens (including phenoxy) is 1. The molecule has 332 valence electrons. The molecular weight excluding hydrogens is 871 g/mol. The van der Waals surface area contributed by atoms with Crippen LogP contribution in [0.2, 0.25) is 0 Å². The van der Waals surface area contributed by atoms with Gasteiger partial charge in [0, 0.05) is 19.0 Å². The molecule has 0 spiro atoms. The number of likely N-dealkylation sites (tertiary alicyclic amines) is 2. The van der Waals surface area contributed by atoms with E-state index in [2.05, 4.69) is 90.7 Å². The Kier molecular flexibility index (Phi) is 21.9. The van der Waals surface area contributed by atoms with Crippen LogP contribution in [0.15, 0.2) is 60.7 Å². The first-order valence-electron chi connectivity index (χ1n) is 19.7. The average molecular weight is 936 g/mol. The van der Waals surface area contributed by atoms with E-state index in [-0.39, 0.29) is 117 Å². The van der Waals surface area contributed by atoms with Crippen molar-refractivity contribution in [2.75, 3.05) is 20.2 Å². The van der Waals surface area contributed by atoms with Crippen LogP contribution in [0.5, 0.6) is 0 Å². The topological polar surface area (TPSA) is 136 Å². The van der Waals surface area contributed by atoms with E-state index in [4.69, 9.17) is 14.7 Å². The minimum Gasteiger partial charge on any atom is -0.453 e. The number of carbonyl (C=O) groups excluding carboxylic acids is 3. The van der Waals surface area contributed by atoms with Gasteiger partial charge in [-0.15, -0.1) is 0 Å². The van der Waals surface area contributed by atoms with Crippen LogP contribution in [0.3, 0.4) is 0 Å². The quantitative estimate of drug-likeness (QED) is 0.121. The van der Waals surface area contributed by atoms with Gasteiger partial charge >= 0.3 is 6.09 Å². The molecule has 0 radical (unpaired) electrons. The van der Waals surface area contributed by atoms with Gasteiger partial charge in [0.25, 0.3) is 0 Å². The number of H-pyrrole nitrogens is 2. The van der Waals surface area contributed by atoms with Crippen LogP contribution in [-0.4, -0.2) is 73.9 Å². The molecule has 2 saturated heterocycles. The molecule has 2 aromatic heterocycles. The number of carbonyl (C=O) groups is 3. The van der Waals surface area contributed by atoms with Crippen LogP contribution in [0.25, 0.3) is 44.3 Å². The average Bonchev–Trinajstić information content (AvgIpc) is 4.03. The Morgan fingerprint density at radius 2 is 1.08 bits per heavy atom. The van der Waals surface area contributed by atoms with Crippen molar-refractivity contribution in [2.45, 2.75) is 91.3 Å². The summed E-state index contributed by atoms with van der Waals surface area (Å²) in [5, 5.41) is 2.76. The molecule has 2 aliphatic rings. The summed E-state index contributed by atoms with van der Waals surface area (Å²) < 4.78 is 4.82. The third-order valence-corrected chi connectivity index (χ3v) is 12.1. The lowest BCUT2D eigenvalue weighted by Gasteiger charge is -2.30. The third-order valence-electron chi connectivity index (χ3n) is 12.1. The van der Waals surface area contributed by atoms with Crippen LogP contribution in [0, 0.1) is 17.8 Å². The minimum absolute atomic E-state index is 0. The fourth-order valence-electron chi connectivity index (χ4n) is 8.12. The second-order valence-corrected chi connectivity index (χ2v) is 15.3. The van der Waals surface area contributed by atoms with Gasteiger partial charge in [0.1, 0.15) is 17.7 Å². The van der Waals surface area contributed by atoms with Crippen molar-refractivity contribution in [3.05, 3.63) is 72.3 Å². The predicted molar refractivity (Wildman–Crippen MR) is 274 cm³/mol. The van der Waals surface area contributed by atoms with Crippen LogP contribution in [-0.2, 0) is 14.3 Å². The molecular formula is C43H65N7O4S6. The summed E-state index contributed by atoms with van der Waals surface area (Å²) in [6.07, 6.45) is 4.71. The van der Waals surface area contributed by atoms with Gasteiger partial charge in [0.15, 0.2) is 0 Å². The largest absolute Gasteiger partial charge is 0.453 e. The van der Waals surface area contributed by atoms with Gasteiger partial charge in [-0.3, -0.25) is 9.59 Å². The molecule has 60 heavy (non-hydrogen) atoms. The summed E-state index contributed by atoms with van der Waals surface area (Å²) in [7, 11) is 1.31. The Morgan fingerprint density at radius 3 is 1.50 bits per heavy atom. The summed E-state index contributed by atoms with van der Waals surface area (Å²) in [6, 6.07) is 20.2. The molecule has 7 rings (SSSR count). The lowest BCUT2D eigenvalue weighted by molar-refractivity contribution is -0.137. The number of methoxy groups -OCH3 is 1. The predicted octanol–water partition coefficient (Wildman–Crippen LogP) is 9.23. The third kappa shape index (κ3) is 11.3. The first-order chi connectivity index (χ1) is 26.1. The molecule has 3 N–H and O–H groups in total. The number of imidazole rings is 2. The summed E-state index contributed by atoms with van der Waals surface area (Å²) in [4.78, 5) is 60.1. The smallest absolute Gasteiger partial charge is 0.407 e. The zero-order valence-electron chi connectivity index (χ0n) is 35.3. The number of nitrogens with zero attached hydrogens (tertiary/aromatic N) is 4. The molecule has 0 saturated carbocycles. The number of amides is 3. The normalized spacial score (nSPS) is 17.6. The Morgan fingerprint density at radius 1 is 0.667 bits per heavy atom. The highest BCUT2D eigenvalue weighted by molar-refractivity contribution is 7.60. The molecule has 3 amide bonds. The van der Waals surface area contributed by atoms with Gasteiger partial charge in [-0.1, -0.05) is 83.9 Å². The van der Waals surface area contributed by atoms with Crippen molar-refractivity contribution in [1.82, 2.24) is 35.1 Å². The highest BCUT2D eigenvalue weighted by Crippen LogP contribution is 2.36. The molecule has 6 atom stereocenters. The van der Waals surface area contributed by atoms with Crippen molar-refractivity contribution >= 4 is 121 Å². The summed E-state index contributed by atoms with van der Waals surface area (Å²) in [5.74, 6) is 2.06. The van der Waals surface area contributed by atoms with Crippen LogP contribution in [0.4, 0.5) is 4.79 Å². The number of nitrogens with one attached hydrogen (secondary N) is 3. The fraction of sp³-hybridized carbons (Fsp3) is 0.465. The maximum atomic E-state index is 13.8. The Bertz CT molecular complexity index is 2170. The van der Waals surface area contributed by atoms with E-state index in [1.54, 1.807) is 0 Å². The number of hydrogen-bond donors (Lipinski definition) is 3. The zero-order valence-corrected chi connectivity index (χ0v) is 41.3. The number of aromatic nitrogens is 4. The van der Waals surface area contributed by atoms with Crippen LogP contribution in [0.1, 0.15) is 96.9 Å². The molecule has 0 bridgehead atoms. The van der Waals surface area contributed by atoms with Crippen LogP contribution < -0.4 is 5.32 Å². The second-order valence-electron chi connectivity index (χ2n) is 15.3. The maximum absolute atomic E-state index is 13.8. The number of benzene rings is 3. The van der Waals surface area contributed by atoms with Crippen LogP contribution >= 0.6 is 81.0 Å². The molecule has 5 aromatic rings. The number of fused-ring (bicyclic) bond motifs is 2. The lowest BCUT2D eigenvalue weighted by atomic mass is 9.92. The Labute approximate surface area is 396 Å². The number of hydrogen-bond acceptors (Lipinski definition) is 6. The van der Waals surface area contributed by atoms with E-state index in [1.807, 2.05) is 29.7 Å². The molecule has 17 heteroatoms. The van der Waals surface area contributed by atoms with E-state index >= 15 is 0 Å². The molecule has 4 heterocycles. The molecule has 0 unspecified atom stereocenters. The van der Waals surface area contributed by atoms with Crippen molar-refractivity contribution in [3.63, 3.8) is 0 Å². The fourth-order valence-corrected chi connectivity index (χ4v) is 8.12. The van der Waals surface area contributed by atoms with E-state index in [0.29, 0.717) is 12.5 Å².